The zero-order valence-corrected chi connectivity index (χ0v) is 11.5. The molecule has 1 saturated heterocycles. The van der Waals surface area contributed by atoms with Gasteiger partial charge in [0.2, 0.25) is 0 Å². The maximum Gasteiger partial charge on any atom is 0.0599 e. The Morgan fingerprint density at radius 2 is 1.94 bits per heavy atom. The largest absolute Gasteiger partial charge is 0.397 e. The van der Waals surface area contributed by atoms with E-state index in [1.54, 1.807) is 0 Å². The highest BCUT2D eigenvalue weighted by Crippen LogP contribution is 2.34. The molecule has 2 N–H and O–H groups in total. The first-order valence-electron chi connectivity index (χ1n) is 6.82. The summed E-state index contributed by atoms with van der Waals surface area (Å²) in [5.41, 5.74) is 8.42. The van der Waals surface area contributed by atoms with Gasteiger partial charge >= 0.3 is 0 Å². The first-order chi connectivity index (χ1) is 8.64. The van der Waals surface area contributed by atoms with Crippen LogP contribution in [0.15, 0.2) is 24.3 Å². The number of anilines is 2. The topological polar surface area (TPSA) is 38.5 Å². The van der Waals surface area contributed by atoms with Crippen LogP contribution in [0.4, 0.5) is 11.4 Å². The highest BCUT2D eigenvalue weighted by atomic mass is 16.5. The summed E-state index contributed by atoms with van der Waals surface area (Å²) in [6.07, 6.45) is 2.34. The third kappa shape index (κ3) is 2.96. The monoisotopic (exact) mass is 248 g/mol. The number of hydrogen-bond donors (Lipinski definition) is 1. The molecule has 18 heavy (non-hydrogen) atoms. The van der Waals surface area contributed by atoms with Crippen LogP contribution in [0.5, 0.6) is 0 Å². The number of para-hydroxylation sites is 2. The summed E-state index contributed by atoms with van der Waals surface area (Å²) in [5.74, 6) is 0. The van der Waals surface area contributed by atoms with Crippen LogP contribution in [0.2, 0.25) is 0 Å². The van der Waals surface area contributed by atoms with Gasteiger partial charge in [-0.25, -0.2) is 0 Å². The van der Waals surface area contributed by atoms with E-state index >= 15 is 0 Å². The van der Waals surface area contributed by atoms with Gasteiger partial charge < -0.3 is 15.4 Å². The van der Waals surface area contributed by atoms with E-state index < -0.39 is 0 Å². The SMILES string of the molecule is CCOCC1(C)CCN(c2ccccc2N)CC1. The lowest BCUT2D eigenvalue weighted by molar-refractivity contribution is 0.0459. The van der Waals surface area contributed by atoms with Crippen LogP contribution in [0, 0.1) is 5.41 Å². The van der Waals surface area contributed by atoms with Crippen LogP contribution in [0.3, 0.4) is 0 Å². The fourth-order valence-electron chi connectivity index (χ4n) is 2.56. The van der Waals surface area contributed by atoms with E-state index in [1.807, 2.05) is 12.1 Å². The molecule has 0 bridgehead atoms. The lowest BCUT2D eigenvalue weighted by atomic mass is 9.81. The van der Waals surface area contributed by atoms with Crippen molar-refractivity contribution in [2.45, 2.75) is 26.7 Å². The Hall–Kier alpha value is -1.22. The van der Waals surface area contributed by atoms with Gasteiger partial charge in [0, 0.05) is 19.7 Å². The second-order valence-electron chi connectivity index (χ2n) is 5.49. The second-order valence-corrected chi connectivity index (χ2v) is 5.49. The zero-order valence-electron chi connectivity index (χ0n) is 11.5. The number of nitrogens with zero attached hydrogens (tertiary/aromatic N) is 1. The third-order valence-electron chi connectivity index (χ3n) is 3.90. The van der Waals surface area contributed by atoms with E-state index in [0.717, 1.165) is 32.0 Å². The number of nitrogens with two attached hydrogens (primary N) is 1. The van der Waals surface area contributed by atoms with Crippen LogP contribution in [0.1, 0.15) is 26.7 Å². The van der Waals surface area contributed by atoms with Crippen molar-refractivity contribution in [2.24, 2.45) is 5.41 Å². The minimum absolute atomic E-state index is 0.329. The molecule has 1 aliphatic rings. The highest BCUT2D eigenvalue weighted by Gasteiger charge is 2.30. The minimum Gasteiger partial charge on any atom is -0.397 e. The van der Waals surface area contributed by atoms with Crippen molar-refractivity contribution in [3.05, 3.63) is 24.3 Å². The van der Waals surface area contributed by atoms with Crippen molar-refractivity contribution in [3.8, 4) is 0 Å². The lowest BCUT2D eigenvalue weighted by Crippen LogP contribution is -2.41. The normalized spacial score (nSPS) is 18.9. The molecule has 1 aromatic carbocycles. The van der Waals surface area contributed by atoms with Gasteiger partial charge in [0.05, 0.1) is 18.0 Å². The van der Waals surface area contributed by atoms with Crippen LogP contribution >= 0.6 is 0 Å². The molecule has 1 aliphatic heterocycles. The summed E-state index contributed by atoms with van der Waals surface area (Å²) in [6.45, 7) is 8.21. The van der Waals surface area contributed by atoms with Gasteiger partial charge in [-0.3, -0.25) is 0 Å². The van der Waals surface area contributed by atoms with Gasteiger partial charge in [0.25, 0.3) is 0 Å². The average Bonchev–Trinajstić information content (AvgIpc) is 2.39. The molecule has 1 fully saturated rings. The Kier molecular flexibility index (Phi) is 4.12. The van der Waals surface area contributed by atoms with Crippen LogP contribution < -0.4 is 10.6 Å². The van der Waals surface area contributed by atoms with Crippen LogP contribution in [0.25, 0.3) is 0 Å². The third-order valence-corrected chi connectivity index (χ3v) is 3.90. The minimum atomic E-state index is 0.329. The number of rotatable bonds is 4. The van der Waals surface area contributed by atoms with Gasteiger partial charge in [0.15, 0.2) is 0 Å². The lowest BCUT2D eigenvalue weighted by Gasteiger charge is -2.40. The maximum absolute atomic E-state index is 6.03. The molecule has 3 heteroatoms. The van der Waals surface area contributed by atoms with E-state index in [9.17, 15) is 0 Å². The second kappa shape index (κ2) is 5.61. The molecule has 0 saturated carbocycles. The Morgan fingerprint density at radius 3 is 2.56 bits per heavy atom. The number of ether oxygens (including phenoxy) is 1. The summed E-state index contributed by atoms with van der Waals surface area (Å²) in [7, 11) is 0. The number of piperidine rings is 1. The van der Waals surface area contributed by atoms with Gasteiger partial charge in [-0.2, -0.15) is 0 Å². The first-order valence-corrected chi connectivity index (χ1v) is 6.82. The maximum atomic E-state index is 6.03. The van der Waals surface area contributed by atoms with Crippen molar-refractivity contribution in [3.63, 3.8) is 0 Å². The van der Waals surface area contributed by atoms with Crippen molar-refractivity contribution in [1.82, 2.24) is 0 Å². The van der Waals surface area contributed by atoms with E-state index in [1.165, 1.54) is 18.5 Å². The first kappa shape index (κ1) is 13.2. The Labute approximate surface area is 110 Å². The number of benzene rings is 1. The Balaban J connectivity index is 1.96. The molecule has 0 unspecified atom stereocenters. The molecule has 0 amide bonds. The van der Waals surface area contributed by atoms with E-state index in [-0.39, 0.29) is 0 Å². The smallest absolute Gasteiger partial charge is 0.0599 e. The molecular formula is C15H24N2O. The van der Waals surface area contributed by atoms with E-state index in [2.05, 4.69) is 30.9 Å². The molecule has 0 aliphatic carbocycles. The van der Waals surface area contributed by atoms with Gasteiger partial charge in [-0.05, 0) is 37.3 Å². The van der Waals surface area contributed by atoms with Gasteiger partial charge in [-0.1, -0.05) is 19.1 Å². The summed E-state index contributed by atoms with van der Waals surface area (Å²) >= 11 is 0. The van der Waals surface area contributed by atoms with E-state index in [0.29, 0.717) is 5.41 Å². The van der Waals surface area contributed by atoms with Crippen LogP contribution in [-0.4, -0.2) is 26.3 Å². The quantitative estimate of drug-likeness (QED) is 0.833. The summed E-state index contributed by atoms with van der Waals surface area (Å²) in [6, 6.07) is 8.13. The Morgan fingerprint density at radius 1 is 1.28 bits per heavy atom. The number of hydrogen-bond acceptors (Lipinski definition) is 3. The zero-order chi connectivity index (χ0) is 13.0. The van der Waals surface area contributed by atoms with E-state index in [4.69, 9.17) is 10.5 Å². The van der Waals surface area contributed by atoms with Crippen molar-refractivity contribution < 1.29 is 4.74 Å². The van der Waals surface area contributed by atoms with Gasteiger partial charge in [-0.15, -0.1) is 0 Å². The Bertz CT molecular complexity index is 384. The summed E-state index contributed by atoms with van der Waals surface area (Å²) < 4.78 is 5.60. The molecule has 1 aromatic rings. The summed E-state index contributed by atoms with van der Waals surface area (Å²) in [4.78, 5) is 2.39. The molecule has 2 rings (SSSR count). The molecular weight excluding hydrogens is 224 g/mol. The molecule has 0 aromatic heterocycles. The average molecular weight is 248 g/mol. The molecule has 100 valence electrons. The van der Waals surface area contributed by atoms with Crippen molar-refractivity contribution >= 4 is 11.4 Å². The molecule has 0 spiro atoms. The molecule has 0 atom stereocenters. The predicted molar refractivity (Wildman–Crippen MR) is 76.9 cm³/mol. The predicted octanol–water partition coefficient (Wildman–Crippen LogP) is 2.91. The highest BCUT2D eigenvalue weighted by molar-refractivity contribution is 5.67. The fraction of sp³-hybridized carbons (Fsp3) is 0.600. The standard InChI is InChI=1S/C15H24N2O/c1-3-18-12-15(2)8-10-17(11-9-15)14-7-5-4-6-13(14)16/h4-7H,3,8-12,16H2,1-2H3. The molecule has 3 nitrogen and oxygen atoms in total. The van der Waals surface area contributed by atoms with Crippen LogP contribution in [-0.2, 0) is 4.74 Å². The summed E-state index contributed by atoms with van der Waals surface area (Å²) in [5, 5.41) is 0. The number of nitrogen functional groups attached to an aromatic ring is 1. The van der Waals surface area contributed by atoms with Crippen molar-refractivity contribution in [1.29, 1.82) is 0 Å². The van der Waals surface area contributed by atoms with Crippen molar-refractivity contribution in [2.75, 3.05) is 36.9 Å². The molecule has 1 heterocycles. The fourth-order valence-corrected chi connectivity index (χ4v) is 2.56. The molecule has 0 radical (unpaired) electrons. The van der Waals surface area contributed by atoms with Gasteiger partial charge in [0.1, 0.15) is 0 Å².